The van der Waals surface area contributed by atoms with Gasteiger partial charge in [0.05, 0.1) is 22.9 Å². The van der Waals surface area contributed by atoms with Crippen LogP contribution in [0.1, 0.15) is 27.6 Å². The predicted molar refractivity (Wildman–Crippen MR) is 101 cm³/mol. The van der Waals surface area contributed by atoms with E-state index >= 15 is 0 Å². The van der Waals surface area contributed by atoms with Crippen molar-refractivity contribution >= 4 is 40.3 Å². The highest BCUT2D eigenvalue weighted by atomic mass is 32.2. The number of imide groups is 1. The lowest BCUT2D eigenvalue weighted by Crippen LogP contribution is -2.45. The summed E-state index contributed by atoms with van der Waals surface area (Å²) in [7, 11) is 0. The lowest BCUT2D eigenvalue weighted by atomic mass is 10.1. The van der Waals surface area contributed by atoms with Crippen molar-refractivity contribution < 1.29 is 9.59 Å². The fourth-order valence-corrected chi connectivity index (χ4v) is 3.69. The minimum atomic E-state index is -0.432. The molecule has 0 bridgehead atoms. The summed E-state index contributed by atoms with van der Waals surface area (Å²) in [5, 5.41) is 4.95. The maximum Gasteiger partial charge on any atom is 0.262 e. The van der Waals surface area contributed by atoms with Gasteiger partial charge >= 0.3 is 0 Å². The van der Waals surface area contributed by atoms with Crippen LogP contribution in [0.25, 0.3) is 0 Å². The predicted octanol–water partition coefficient (Wildman–Crippen LogP) is 2.45. The molecular formula is C18H15N5O2S. The van der Waals surface area contributed by atoms with Crippen molar-refractivity contribution in [3.8, 4) is 0 Å². The Morgan fingerprint density at radius 3 is 2.38 bits per heavy atom. The van der Waals surface area contributed by atoms with Gasteiger partial charge < -0.3 is 0 Å². The van der Waals surface area contributed by atoms with Crippen LogP contribution in [0.2, 0.25) is 0 Å². The molecule has 8 heteroatoms. The van der Waals surface area contributed by atoms with Crippen LogP contribution in [-0.2, 0) is 0 Å². The quantitative estimate of drug-likeness (QED) is 0.844. The highest BCUT2D eigenvalue weighted by molar-refractivity contribution is 8.14. The number of thioether (sulfide) groups is 1. The maximum absolute atomic E-state index is 12.6. The van der Waals surface area contributed by atoms with E-state index in [1.807, 2.05) is 19.1 Å². The van der Waals surface area contributed by atoms with Gasteiger partial charge in [-0.2, -0.15) is 5.10 Å². The van der Waals surface area contributed by atoms with Crippen molar-refractivity contribution in [2.75, 3.05) is 5.75 Å². The molecule has 1 aromatic heterocycles. The van der Waals surface area contributed by atoms with E-state index in [0.29, 0.717) is 33.6 Å². The number of amidine groups is 1. The average molecular weight is 365 g/mol. The number of hydrazone groups is 1. The molecule has 130 valence electrons. The molecule has 0 fully saturated rings. The molecule has 26 heavy (non-hydrogen) atoms. The van der Waals surface area contributed by atoms with Gasteiger partial charge in [-0.1, -0.05) is 30.0 Å². The fourth-order valence-electron chi connectivity index (χ4n) is 2.83. The zero-order valence-electron chi connectivity index (χ0n) is 13.9. The van der Waals surface area contributed by atoms with E-state index in [1.165, 1.54) is 16.7 Å². The Morgan fingerprint density at radius 1 is 1.12 bits per heavy atom. The van der Waals surface area contributed by atoms with Gasteiger partial charge in [-0.3, -0.25) is 19.9 Å². The minimum Gasteiger partial charge on any atom is -0.269 e. The molecule has 1 aromatic carbocycles. The van der Waals surface area contributed by atoms with Crippen LogP contribution in [0.3, 0.4) is 0 Å². The molecule has 0 saturated carbocycles. The second kappa shape index (κ2) is 6.72. The van der Waals surface area contributed by atoms with Crippen molar-refractivity contribution in [1.29, 1.82) is 0 Å². The monoisotopic (exact) mass is 365 g/mol. The summed E-state index contributed by atoms with van der Waals surface area (Å²) in [5.41, 5.74) is 4.48. The van der Waals surface area contributed by atoms with Crippen molar-refractivity contribution in [3.05, 3.63) is 59.8 Å². The molecule has 3 heterocycles. The normalized spacial score (nSPS) is 19.2. The number of carbonyl (C=O) groups excluding carboxylic acids is 2. The van der Waals surface area contributed by atoms with Crippen LogP contribution in [0.15, 0.2) is 58.8 Å². The Balaban J connectivity index is 1.52. The number of aliphatic imine (C=N–C) groups is 1. The van der Waals surface area contributed by atoms with Crippen molar-refractivity contribution in [2.45, 2.75) is 13.0 Å². The first-order valence-electron chi connectivity index (χ1n) is 8.07. The number of aromatic nitrogens is 1. The second-order valence-corrected chi connectivity index (χ2v) is 6.77. The number of rotatable bonds is 3. The molecule has 1 atom stereocenters. The largest absolute Gasteiger partial charge is 0.269 e. The lowest BCUT2D eigenvalue weighted by molar-refractivity contribution is 0.0634. The van der Waals surface area contributed by atoms with E-state index in [1.54, 1.807) is 36.5 Å². The van der Waals surface area contributed by atoms with Gasteiger partial charge in [0.15, 0.2) is 11.0 Å². The summed E-state index contributed by atoms with van der Waals surface area (Å²) in [6.07, 6.45) is 1.67. The molecule has 0 saturated heterocycles. The minimum absolute atomic E-state index is 0.279. The van der Waals surface area contributed by atoms with Gasteiger partial charge in [-0.25, -0.2) is 9.98 Å². The first kappa shape index (κ1) is 16.5. The summed E-state index contributed by atoms with van der Waals surface area (Å²) >= 11 is 1.46. The molecule has 2 aliphatic rings. The van der Waals surface area contributed by atoms with E-state index < -0.39 is 6.04 Å². The van der Waals surface area contributed by atoms with Crippen LogP contribution in [-0.4, -0.2) is 44.4 Å². The molecule has 2 aliphatic heterocycles. The summed E-state index contributed by atoms with van der Waals surface area (Å²) in [4.78, 5) is 35.0. The number of fused-ring (bicyclic) bond motifs is 1. The summed E-state index contributed by atoms with van der Waals surface area (Å²) in [6.45, 7) is 1.81. The fraction of sp³-hybridized carbons (Fsp3) is 0.167. The number of amides is 2. The number of carbonyl (C=O) groups is 2. The van der Waals surface area contributed by atoms with E-state index in [2.05, 4.69) is 20.5 Å². The molecule has 4 rings (SSSR count). The Hall–Kier alpha value is -3.00. The molecule has 0 radical (unpaired) electrons. The Labute approximate surface area is 154 Å². The van der Waals surface area contributed by atoms with Crippen LogP contribution < -0.4 is 5.43 Å². The molecule has 1 unspecified atom stereocenters. The van der Waals surface area contributed by atoms with E-state index in [9.17, 15) is 9.59 Å². The van der Waals surface area contributed by atoms with Crippen molar-refractivity contribution in [1.82, 2.24) is 15.3 Å². The number of hydrogen-bond acceptors (Lipinski definition) is 6. The number of pyridine rings is 1. The van der Waals surface area contributed by atoms with Gasteiger partial charge in [-0.05, 0) is 31.2 Å². The third kappa shape index (κ3) is 2.88. The zero-order chi connectivity index (χ0) is 18.1. The van der Waals surface area contributed by atoms with Gasteiger partial charge in [0.1, 0.15) is 0 Å². The second-order valence-electron chi connectivity index (χ2n) is 5.81. The molecule has 0 spiro atoms. The molecule has 2 aromatic rings. The highest BCUT2D eigenvalue weighted by Gasteiger charge is 2.40. The maximum atomic E-state index is 12.6. The smallest absolute Gasteiger partial charge is 0.262 e. The van der Waals surface area contributed by atoms with Crippen LogP contribution in [0, 0.1) is 0 Å². The average Bonchev–Trinajstić information content (AvgIpc) is 2.94. The van der Waals surface area contributed by atoms with Gasteiger partial charge in [0.25, 0.3) is 11.8 Å². The van der Waals surface area contributed by atoms with E-state index in [0.717, 1.165) is 0 Å². The van der Waals surface area contributed by atoms with Crippen molar-refractivity contribution in [3.63, 3.8) is 0 Å². The molecule has 7 nitrogen and oxygen atoms in total. The number of hydrogen-bond donors (Lipinski definition) is 1. The first-order valence-corrected chi connectivity index (χ1v) is 9.05. The molecule has 0 aliphatic carbocycles. The van der Waals surface area contributed by atoms with E-state index in [-0.39, 0.29) is 11.8 Å². The standard InChI is InChI=1S/C18H15N5O2S/c1-11(23-16(24)12-6-2-3-7-13(12)17(23)25)14-10-26-18(22-21-14)20-15-8-4-5-9-19-15/h2-9,11H,10H2,1H3,(H,19,20,22). The number of benzene rings is 1. The summed E-state index contributed by atoms with van der Waals surface area (Å²) in [5.74, 6) is 0.569. The molecule has 1 N–H and O–H groups in total. The Kier molecular flexibility index (Phi) is 4.26. The van der Waals surface area contributed by atoms with Crippen LogP contribution in [0.4, 0.5) is 5.82 Å². The summed E-state index contributed by atoms with van der Waals surface area (Å²) in [6, 6.07) is 11.9. The SMILES string of the molecule is CC(C1=NN/C(=N\c2ccccn2)SC1)N1C(=O)c2ccccc2C1=O. The number of nitrogens with zero attached hydrogens (tertiary/aromatic N) is 4. The topological polar surface area (TPSA) is 87.0 Å². The Bertz CT molecular complexity index is 907. The zero-order valence-corrected chi connectivity index (χ0v) is 14.7. The third-order valence-electron chi connectivity index (χ3n) is 4.21. The Morgan fingerprint density at radius 2 is 1.81 bits per heavy atom. The number of nitrogens with one attached hydrogen (secondary N) is 1. The van der Waals surface area contributed by atoms with Gasteiger partial charge in [-0.15, -0.1) is 0 Å². The first-order chi connectivity index (χ1) is 12.6. The molecular weight excluding hydrogens is 350 g/mol. The lowest BCUT2D eigenvalue weighted by Gasteiger charge is -2.26. The van der Waals surface area contributed by atoms with Crippen LogP contribution in [0.5, 0.6) is 0 Å². The summed E-state index contributed by atoms with van der Waals surface area (Å²) < 4.78 is 0. The van der Waals surface area contributed by atoms with Crippen molar-refractivity contribution in [2.24, 2.45) is 10.1 Å². The molecule has 2 amide bonds. The highest BCUT2D eigenvalue weighted by Crippen LogP contribution is 2.26. The third-order valence-corrected chi connectivity index (χ3v) is 5.11. The van der Waals surface area contributed by atoms with E-state index in [4.69, 9.17) is 0 Å². The van der Waals surface area contributed by atoms with Gasteiger partial charge in [0.2, 0.25) is 0 Å². The van der Waals surface area contributed by atoms with Crippen LogP contribution >= 0.6 is 11.8 Å². The van der Waals surface area contributed by atoms with Gasteiger partial charge in [0, 0.05) is 11.9 Å².